The van der Waals surface area contributed by atoms with Gasteiger partial charge < -0.3 is 43.1 Å². The van der Waals surface area contributed by atoms with Gasteiger partial charge in [-0.2, -0.15) is 0 Å². The van der Waals surface area contributed by atoms with Crippen molar-refractivity contribution < 1.29 is 43.1 Å². The van der Waals surface area contributed by atoms with E-state index in [1.54, 1.807) is 0 Å². The van der Waals surface area contributed by atoms with Crippen LogP contribution in [0, 0.1) is 0 Å². The Kier molecular flexibility index (Phi) is 7.11. The molecule has 0 aromatic rings. The van der Waals surface area contributed by atoms with Gasteiger partial charge in [-0.3, -0.25) is 0 Å². The average Bonchev–Trinajstić information content (AvgIpc) is 2.11. The van der Waals surface area contributed by atoms with Gasteiger partial charge in [-0.25, -0.2) is 0 Å². The minimum Gasteiger partial charge on any atom is -0.811 e. The van der Waals surface area contributed by atoms with Gasteiger partial charge in [0.15, 0.2) is 0 Å². The van der Waals surface area contributed by atoms with Crippen LogP contribution in [0.5, 0.6) is 0 Å². The van der Waals surface area contributed by atoms with Crippen LogP contribution in [-0.2, 0) is 13.7 Å². The molecule has 0 saturated heterocycles. The molecule has 0 spiro atoms. The van der Waals surface area contributed by atoms with E-state index in [2.05, 4.69) is 0 Å². The highest BCUT2D eigenvalue weighted by atomic mass is 31.2. The first-order valence-electron chi connectivity index (χ1n) is 5.32. The monoisotopic (exact) mass is 334 g/mol. The second kappa shape index (κ2) is 6.94. The second-order valence-electron chi connectivity index (χ2n) is 4.15. The zero-order chi connectivity index (χ0) is 15.5. The molecule has 0 saturated carbocycles. The van der Waals surface area contributed by atoms with Gasteiger partial charge in [0.05, 0.1) is 0 Å². The molecule has 2 atom stereocenters. The largest absolute Gasteiger partial charge is 0.811 e. The summed E-state index contributed by atoms with van der Waals surface area (Å²) in [5.74, 6) is 0. The van der Waals surface area contributed by atoms with Crippen molar-refractivity contribution in [1.29, 1.82) is 0 Å². The molecule has 0 radical (unpaired) electrons. The Bertz CT molecular complexity index is 418. The van der Waals surface area contributed by atoms with Crippen LogP contribution in [0.4, 0.5) is 0 Å². The molecule has 0 amide bonds. The van der Waals surface area contributed by atoms with Gasteiger partial charge in [-0.05, 0) is 36.7 Å². The van der Waals surface area contributed by atoms with Gasteiger partial charge in [-0.1, -0.05) is 29.7 Å². The van der Waals surface area contributed by atoms with Gasteiger partial charge in [0.1, 0.15) is 0 Å². The highest BCUT2D eigenvalue weighted by molar-refractivity contribution is 7.51. The van der Waals surface area contributed by atoms with Crippen molar-refractivity contribution in [2.24, 2.45) is 0 Å². The van der Waals surface area contributed by atoms with Gasteiger partial charge in [0.2, 0.25) is 0 Å². The van der Waals surface area contributed by atoms with Crippen LogP contribution in [0.3, 0.4) is 0 Å². The first-order valence-corrected chi connectivity index (χ1v) is 10.3. The quantitative estimate of drug-likeness (QED) is 0.408. The number of rotatable bonds is 8. The van der Waals surface area contributed by atoms with E-state index in [0.717, 1.165) is 0 Å². The highest BCUT2D eigenvalue weighted by Gasteiger charge is 2.20. The lowest BCUT2D eigenvalue weighted by Gasteiger charge is -2.45. The minimum absolute atomic E-state index is 0.201. The molecule has 2 unspecified atom stereocenters. The van der Waals surface area contributed by atoms with E-state index in [1.165, 1.54) is 6.92 Å². The smallest absolute Gasteiger partial charge is 0.0124 e. The Labute approximate surface area is 110 Å². The van der Waals surface area contributed by atoms with E-state index in [4.69, 9.17) is 0 Å². The fourth-order valence-corrected chi connectivity index (χ4v) is 4.46. The molecule has 0 aliphatic heterocycles. The Morgan fingerprint density at radius 1 is 0.842 bits per heavy atom. The summed E-state index contributed by atoms with van der Waals surface area (Å²) in [5, 5.41) is 0. The molecule has 0 aliphatic rings. The van der Waals surface area contributed by atoms with Crippen molar-refractivity contribution in [2.75, 3.05) is 6.16 Å². The first kappa shape index (κ1) is 19.4. The van der Waals surface area contributed by atoms with Crippen molar-refractivity contribution in [2.45, 2.75) is 37.5 Å². The average molecular weight is 334 g/mol. The normalized spacial score (nSPS) is 17.2. The lowest BCUT2D eigenvalue weighted by molar-refractivity contribution is -0.318. The van der Waals surface area contributed by atoms with E-state index in [0.29, 0.717) is 0 Å². The maximum atomic E-state index is 10.9. The molecular weight excluding hydrogens is 321 g/mol. The lowest BCUT2D eigenvalue weighted by Crippen LogP contribution is -2.34. The fraction of sp³-hybridized carbons (Fsp3) is 1.00. The Morgan fingerprint density at radius 3 is 1.53 bits per heavy atom. The zero-order valence-electron chi connectivity index (χ0n) is 10.00. The van der Waals surface area contributed by atoms with Crippen LogP contribution in [-0.4, -0.2) is 17.5 Å². The summed E-state index contributed by atoms with van der Waals surface area (Å²) in [7, 11) is -15.4. The van der Waals surface area contributed by atoms with Crippen LogP contribution >= 0.6 is 22.8 Å². The Morgan fingerprint density at radius 2 is 1.26 bits per heavy atom. The van der Waals surface area contributed by atoms with E-state index in [-0.39, 0.29) is 6.42 Å². The van der Waals surface area contributed by atoms with Crippen molar-refractivity contribution in [3.8, 4) is 0 Å². The Hall–Kier alpha value is 0.450. The van der Waals surface area contributed by atoms with Crippen molar-refractivity contribution in [3.05, 3.63) is 0 Å². The lowest BCUT2D eigenvalue weighted by atomic mass is 10.1. The van der Waals surface area contributed by atoms with E-state index in [1.807, 2.05) is 0 Å². The molecule has 116 valence electrons. The maximum Gasteiger partial charge on any atom is -0.0124 e. The molecule has 0 bridgehead atoms. The van der Waals surface area contributed by atoms with Crippen LogP contribution in [0.25, 0.3) is 0 Å². The summed E-state index contributed by atoms with van der Waals surface area (Å²) in [5.41, 5.74) is -3.43. The summed E-state index contributed by atoms with van der Waals surface area (Å²) in [6, 6.07) is 0. The topological polar surface area (TPSA) is 190 Å². The third-order valence-electron chi connectivity index (χ3n) is 2.65. The van der Waals surface area contributed by atoms with E-state index >= 15 is 0 Å². The summed E-state index contributed by atoms with van der Waals surface area (Å²) in [4.78, 5) is 64.3. The van der Waals surface area contributed by atoms with Crippen LogP contribution in [0.15, 0.2) is 0 Å². The molecule has 0 fully saturated rings. The minimum atomic E-state index is -5.30. The Balaban J connectivity index is 4.94. The summed E-state index contributed by atoms with van der Waals surface area (Å²) < 4.78 is 32.2. The SMILES string of the molecule is CCC(CC(CCP(=O)([O-])[O-])P(=O)([O-])[O-])P(=O)([O-])[O-]. The molecule has 0 rings (SSSR count). The molecule has 9 nitrogen and oxygen atoms in total. The van der Waals surface area contributed by atoms with Gasteiger partial charge in [-0.15, -0.1) is 0 Å². The van der Waals surface area contributed by atoms with Gasteiger partial charge in [0.25, 0.3) is 0 Å². The molecule has 0 N–H and O–H groups in total. The summed E-state index contributed by atoms with van der Waals surface area (Å²) >= 11 is 0. The van der Waals surface area contributed by atoms with Crippen LogP contribution in [0.2, 0.25) is 0 Å². The number of hydrogen-bond acceptors (Lipinski definition) is 9. The predicted molar refractivity (Wildman–Crippen MR) is 54.8 cm³/mol. The molecule has 12 heteroatoms. The van der Waals surface area contributed by atoms with Crippen molar-refractivity contribution in [3.63, 3.8) is 0 Å². The third-order valence-corrected chi connectivity index (χ3v) is 6.29. The van der Waals surface area contributed by atoms with Crippen LogP contribution in [0.1, 0.15) is 26.2 Å². The maximum absolute atomic E-state index is 10.9. The molecule has 0 heterocycles. The predicted octanol–water partition coefficient (Wildman–Crippen LogP) is -3.35. The molecule has 19 heavy (non-hydrogen) atoms. The number of hydrogen-bond donors (Lipinski definition) is 0. The summed E-state index contributed by atoms with van der Waals surface area (Å²) in [6.07, 6.45) is -2.87. The highest BCUT2D eigenvalue weighted by Crippen LogP contribution is 2.45. The standard InChI is InChI=1S/C7H19O9P3/c1-2-6(18(11,12)13)5-7(19(14,15)16)3-4-17(8,9)10/h6-7H,2-5H2,1H3,(H2,8,9,10)(H2,11,12,13)(H2,14,15,16)/p-6. The molecular formula is C7H13O9P3-6. The molecule has 0 aromatic heterocycles. The van der Waals surface area contributed by atoms with Gasteiger partial charge in [0, 0.05) is 0 Å². The summed E-state index contributed by atoms with van der Waals surface area (Å²) in [6.45, 7) is 1.32. The molecule has 0 aliphatic carbocycles. The molecule has 0 aromatic carbocycles. The zero-order valence-corrected chi connectivity index (χ0v) is 12.7. The van der Waals surface area contributed by atoms with Crippen molar-refractivity contribution >= 4 is 22.8 Å². The van der Waals surface area contributed by atoms with Crippen LogP contribution < -0.4 is 29.4 Å². The van der Waals surface area contributed by atoms with Gasteiger partial charge >= 0.3 is 0 Å². The second-order valence-corrected chi connectivity index (χ2v) is 9.44. The van der Waals surface area contributed by atoms with Crippen molar-refractivity contribution in [1.82, 2.24) is 0 Å². The first-order chi connectivity index (χ1) is 8.27. The fourth-order valence-electron chi connectivity index (χ4n) is 1.55. The third kappa shape index (κ3) is 8.35. The van der Waals surface area contributed by atoms with E-state index < -0.39 is 53.1 Å². The van der Waals surface area contributed by atoms with E-state index in [9.17, 15) is 43.1 Å².